The average Bonchev–Trinajstić information content (AvgIpc) is 3.22. The number of urea groups is 1. The highest BCUT2D eigenvalue weighted by Crippen LogP contribution is 2.24. The topological polar surface area (TPSA) is 72.5 Å². The molecule has 148 valence electrons. The number of pyridine rings is 1. The van der Waals surface area contributed by atoms with E-state index in [2.05, 4.69) is 46.0 Å². The van der Waals surface area contributed by atoms with E-state index in [0.29, 0.717) is 0 Å². The van der Waals surface area contributed by atoms with Gasteiger partial charge in [-0.1, -0.05) is 12.1 Å². The van der Waals surface area contributed by atoms with Crippen LogP contribution >= 0.6 is 0 Å². The summed E-state index contributed by atoms with van der Waals surface area (Å²) in [5.41, 5.74) is 11.2. The molecule has 28 heavy (non-hydrogen) atoms. The summed E-state index contributed by atoms with van der Waals surface area (Å²) >= 11 is 0. The molecule has 2 aliphatic rings. The van der Waals surface area contributed by atoms with Gasteiger partial charge in [0.25, 0.3) is 0 Å². The Labute approximate surface area is 166 Å². The Kier molecular flexibility index (Phi) is 5.57. The maximum atomic E-state index is 12.6. The van der Waals surface area contributed by atoms with Gasteiger partial charge in [0.1, 0.15) is 0 Å². The van der Waals surface area contributed by atoms with Gasteiger partial charge in [0, 0.05) is 44.3 Å². The van der Waals surface area contributed by atoms with E-state index in [1.807, 2.05) is 35.4 Å². The van der Waals surface area contributed by atoms with Crippen LogP contribution in [0, 0.1) is 13.8 Å². The summed E-state index contributed by atoms with van der Waals surface area (Å²) in [6, 6.07) is 10.3. The number of piperazine rings is 1. The molecule has 2 atom stereocenters. The Balaban J connectivity index is 1.27. The summed E-state index contributed by atoms with van der Waals surface area (Å²) in [6.45, 7) is 7.31. The van der Waals surface area contributed by atoms with Gasteiger partial charge < -0.3 is 10.2 Å². The number of benzene rings is 1. The molecule has 0 spiro atoms. The second-order valence-electron chi connectivity index (χ2n) is 7.63. The molecule has 7 heteroatoms. The first-order chi connectivity index (χ1) is 13.6. The average molecular weight is 380 g/mol. The number of hydrogen-bond donors (Lipinski definition) is 3. The van der Waals surface area contributed by atoms with Crippen LogP contribution < -0.4 is 16.2 Å². The van der Waals surface area contributed by atoms with Crippen molar-refractivity contribution in [3.05, 3.63) is 59.4 Å². The Bertz CT molecular complexity index is 819. The minimum atomic E-state index is -0.0198. The van der Waals surface area contributed by atoms with Crippen molar-refractivity contribution < 1.29 is 4.79 Å². The SMILES string of the molecule is Cc1ccc(NC(=O)N2CCN(C3CC(c4cccnc4)NN3)CC2)cc1C. The zero-order valence-electron chi connectivity index (χ0n) is 16.5. The van der Waals surface area contributed by atoms with E-state index >= 15 is 0 Å². The second kappa shape index (κ2) is 8.26. The number of hydrogen-bond acceptors (Lipinski definition) is 5. The third-order valence-corrected chi connectivity index (χ3v) is 5.77. The van der Waals surface area contributed by atoms with E-state index in [4.69, 9.17) is 0 Å². The lowest BCUT2D eigenvalue weighted by atomic mass is 10.1. The summed E-state index contributed by atoms with van der Waals surface area (Å²) in [7, 11) is 0. The smallest absolute Gasteiger partial charge is 0.321 e. The van der Waals surface area contributed by atoms with Crippen LogP contribution in [0.3, 0.4) is 0 Å². The van der Waals surface area contributed by atoms with Gasteiger partial charge in [0.2, 0.25) is 0 Å². The van der Waals surface area contributed by atoms with Crippen molar-refractivity contribution in [3.63, 3.8) is 0 Å². The number of nitrogens with zero attached hydrogens (tertiary/aromatic N) is 3. The number of carbonyl (C=O) groups is 1. The molecular weight excluding hydrogens is 352 g/mol. The minimum absolute atomic E-state index is 0.0198. The first-order valence-corrected chi connectivity index (χ1v) is 9.88. The monoisotopic (exact) mass is 380 g/mol. The van der Waals surface area contributed by atoms with Gasteiger partial charge in [-0.3, -0.25) is 9.88 Å². The van der Waals surface area contributed by atoms with Crippen LogP contribution in [0.15, 0.2) is 42.7 Å². The van der Waals surface area contributed by atoms with Crippen molar-refractivity contribution in [2.45, 2.75) is 32.5 Å². The van der Waals surface area contributed by atoms with Crippen molar-refractivity contribution in [2.24, 2.45) is 0 Å². The second-order valence-corrected chi connectivity index (χ2v) is 7.63. The Morgan fingerprint density at radius 2 is 1.93 bits per heavy atom. The number of aromatic nitrogens is 1. The molecule has 1 aromatic carbocycles. The predicted molar refractivity (Wildman–Crippen MR) is 110 cm³/mol. The zero-order chi connectivity index (χ0) is 19.5. The van der Waals surface area contributed by atoms with Crippen molar-refractivity contribution in [3.8, 4) is 0 Å². The van der Waals surface area contributed by atoms with Crippen molar-refractivity contribution in [2.75, 3.05) is 31.5 Å². The number of nitrogens with one attached hydrogen (secondary N) is 3. The highest BCUT2D eigenvalue weighted by Gasteiger charge is 2.32. The number of rotatable bonds is 3. The van der Waals surface area contributed by atoms with Gasteiger partial charge in [-0.05, 0) is 55.2 Å². The lowest BCUT2D eigenvalue weighted by Crippen LogP contribution is -2.55. The highest BCUT2D eigenvalue weighted by molar-refractivity contribution is 5.89. The summed E-state index contributed by atoms with van der Waals surface area (Å²) in [5.74, 6) is 0. The molecule has 3 N–H and O–H groups in total. The molecule has 2 unspecified atom stereocenters. The molecule has 2 amide bonds. The number of carbonyl (C=O) groups excluding carboxylic acids is 1. The molecule has 3 heterocycles. The van der Waals surface area contributed by atoms with Crippen LogP contribution in [-0.4, -0.2) is 53.2 Å². The van der Waals surface area contributed by atoms with Crippen LogP contribution in [0.1, 0.15) is 29.2 Å². The third-order valence-electron chi connectivity index (χ3n) is 5.77. The van der Waals surface area contributed by atoms with E-state index in [1.165, 1.54) is 16.7 Å². The first-order valence-electron chi connectivity index (χ1n) is 9.88. The number of hydrazine groups is 1. The summed E-state index contributed by atoms with van der Waals surface area (Å²) in [6.07, 6.45) is 4.97. The third kappa shape index (κ3) is 4.16. The number of aryl methyl sites for hydroxylation is 2. The summed E-state index contributed by atoms with van der Waals surface area (Å²) in [4.78, 5) is 21.1. The quantitative estimate of drug-likeness (QED) is 0.763. The maximum absolute atomic E-state index is 12.6. The fraction of sp³-hybridized carbons (Fsp3) is 0.429. The predicted octanol–water partition coefficient (Wildman–Crippen LogP) is 2.41. The van der Waals surface area contributed by atoms with E-state index in [-0.39, 0.29) is 18.2 Å². The largest absolute Gasteiger partial charge is 0.322 e. The number of amides is 2. The molecule has 0 aliphatic carbocycles. The maximum Gasteiger partial charge on any atom is 0.321 e. The van der Waals surface area contributed by atoms with Crippen molar-refractivity contribution >= 4 is 11.7 Å². The van der Waals surface area contributed by atoms with Gasteiger partial charge in [0.05, 0.1) is 12.2 Å². The van der Waals surface area contributed by atoms with Crippen molar-refractivity contribution in [1.82, 2.24) is 25.6 Å². The zero-order valence-corrected chi connectivity index (χ0v) is 16.5. The fourth-order valence-corrected chi connectivity index (χ4v) is 3.84. The standard InChI is InChI=1S/C21H28N6O/c1-15-5-6-18(12-16(15)2)23-21(28)27-10-8-26(9-11-27)20-13-19(24-25-20)17-4-3-7-22-14-17/h3-7,12,14,19-20,24-25H,8-11,13H2,1-2H3,(H,23,28). The Morgan fingerprint density at radius 1 is 1.11 bits per heavy atom. The van der Waals surface area contributed by atoms with E-state index in [1.54, 1.807) is 6.20 Å². The van der Waals surface area contributed by atoms with Gasteiger partial charge in [-0.2, -0.15) is 0 Å². The van der Waals surface area contributed by atoms with Crippen molar-refractivity contribution in [1.29, 1.82) is 0 Å². The molecule has 0 bridgehead atoms. The lowest BCUT2D eigenvalue weighted by molar-refractivity contribution is 0.103. The normalized spacial score (nSPS) is 23.0. The number of anilines is 1. The summed E-state index contributed by atoms with van der Waals surface area (Å²) < 4.78 is 0. The van der Waals surface area contributed by atoms with Crippen LogP contribution in [0.4, 0.5) is 10.5 Å². The van der Waals surface area contributed by atoms with Crippen LogP contribution in [-0.2, 0) is 0 Å². The van der Waals surface area contributed by atoms with Crippen LogP contribution in [0.25, 0.3) is 0 Å². The van der Waals surface area contributed by atoms with Gasteiger partial charge in [0.15, 0.2) is 0 Å². The van der Waals surface area contributed by atoms with Gasteiger partial charge >= 0.3 is 6.03 Å². The van der Waals surface area contributed by atoms with Gasteiger partial charge in [-0.15, -0.1) is 0 Å². The molecule has 0 saturated carbocycles. The Morgan fingerprint density at radius 3 is 2.64 bits per heavy atom. The minimum Gasteiger partial charge on any atom is -0.322 e. The molecule has 4 rings (SSSR count). The molecule has 2 aliphatic heterocycles. The Hall–Kier alpha value is -2.48. The van der Waals surface area contributed by atoms with E-state index < -0.39 is 0 Å². The van der Waals surface area contributed by atoms with Crippen LogP contribution in [0.5, 0.6) is 0 Å². The van der Waals surface area contributed by atoms with Crippen LogP contribution in [0.2, 0.25) is 0 Å². The molecular formula is C21H28N6O. The molecule has 2 fully saturated rings. The molecule has 2 saturated heterocycles. The van der Waals surface area contributed by atoms with Gasteiger partial charge in [-0.25, -0.2) is 15.6 Å². The molecule has 1 aromatic heterocycles. The fourth-order valence-electron chi connectivity index (χ4n) is 3.84. The summed E-state index contributed by atoms with van der Waals surface area (Å²) in [5, 5.41) is 3.03. The molecule has 7 nitrogen and oxygen atoms in total. The highest BCUT2D eigenvalue weighted by atomic mass is 16.2. The van der Waals surface area contributed by atoms with E-state index in [0.717, 1.165) is 38.3 Å². The lowest BCUT2D eigenvalue weighted by Gasteiger charge is -2.37. The first kappa shape index (κ1) is 18.9. The molecule has 2 aromatic rings. The molecule has 0 radical (unpaired) electrons. The van der Waals surface area contributed by atoms with E-state index in [9.17, 15) is 4.79 Å².